The molecule has 0 atom stereocenters. The Labute approximate surface area is 111 Å². The number of nitrogens with zero attached hydrogens (tertiary/aromatic N) is 2. The van der Waals surface area contributed by atoms with Gasteiger partial charge in [-0.25, -0.2) is 0 Å². The quantitative estimate of drug-likeness (QED) is 0.745. The second kappa shape index (κ2) is 7.10. The van der Waals surface area contributed by atoms with Gasteiger partial charge in [-0.3, -0.25) is 9.69 Å². The van der Waals surface area contributed by atoms with E-state index >= 15 is 0 Å². The monoisotopic (exact) mass is 253 g/mol. The van der Waals surface area contributed by atoms with Crippen LogP contribution in [0.5, 0.6) is 0 Å². The van der Waals surface area contributed by atoms with Crippen molar-refractivity contribution >= 4 is 5.91 Å². The molecule has 1 heterocycles. The van der Waals surface area contributed by atoms with Crippen LogP contribution in [0.25, 0.3) is 0 Å². The van der Waals surface area contributed by atoms with Crippen molar-refractivity contribution in [2.45, 2.75) is 45.1 Å². The van der Waals surface area contributed by atoms with Gasteiger partial charge in [0.25, 0.3) is 0 Å². The average molecular weight is 253 g/mol. The Bertz CT molecular complexity index is 256. The Morgan fingerprint density at radius 2 is 1.83 bits per heavy atom. The number of piperazine rings is 1. The van der Waals surface area contributed by atoms with Crippen molar-refractivity contribution in [2.24, 2.45) is 0 Å². The lowest BCUT2D eigenvalue weighted by molar-refractivity contribution is -0.133. The summed E-state index contributed by atoms with van der Waals surface area (Å²) in [5, 5.41) is 3.21. The van der Waals surface area contributed by atoms with Crippen molar-refractivity contribution in [3.63, 3.8) is 0 Å². The third-order valence-corrected chi connectivity index (χ3v) is 4.27. The lowest BCUT2D eigenvalue weighted by Crippen LogP contribution is -2.51. The van der Waals surface area contributed by atoms with E-state index in [4.69, 9.17) is 0 Å². The summed E-state index contributed by atoms with van der Waals surface area (Å²) in [6.07, 6.45) is 6.18. The molecule has 1 N–H and O–H groups in total. The maximum absolute atomic E-state index is 12.0. The van der Waals surface area contributed by atoms with Gasteiger partial charge >= 0.3 is 0 Å². The zero-order chi connectivity index (χ0) is 12.8. The van der Waals surface area contributed by atoms with Crippen molar-refractivity contribution in [2.75, 3.05) is 39.3 Å². The van der Waals surface area contributed by atoms with Crippen molar-refractivity contribution < 1.29 is 4.79 Å². The van der Waals surface area contributed by atoms with Gasteiger partial charge in [0.2, 0.25) is 5.91 Å². The van der Waals surface area contributed by atoms with E-state index in [1.54, 1.807) is 0 Å². The van der Waals surface area contributed by atoms with Crippen molar-refractivity contribution in [1.29, 1.82) is 0 Å². The summed E-state index contributed by atoms with van der Waals surface area (Å²) in [6, 6.07) is 0.809. The van der Waals surface area contributed by atoms with Crippen LogP contribution in [0.2, 0.25) is 0 Å². The molecule has 18 heavy (non-hydrogen) atoms. The zero-order valence-corrected chi connectivity index (χ0v) is 11.7. The first-order chi connectivity index (χ1) is 8.81. The number of amides is 1. The van der Waals surface area contributed by atoms with Gasteiger partial charge in [-0.1, -0.05) is 19.8 Å². The first kappa shape index (κ1) is 13.8. The Morgan fingerprint density at radius 3 is 2.44 bits per heavy atom. The minimum Gasteiger partial charge on any atom is -0.340 e. The van der Waals surface area contributed by atoms with Gasteiger partial charge in [0.1, 0.15) is 0 Å². The highest BCUT2D eigenvalue weighted by atomic mass is 16.2. The van der Waals surface area contributed by atoms with E-state index in [0.717, 1.165) is 45.3 Å². The van der Waals surface area contributed by atoms with E-state index in [0.29, 0.717) is 12.3 Å². The molecule has 0 spiro atoms. The number of hydrogen-bond acceptors (Lipinski definition) is 3. The van der Waals surface area contributed by atoms with E-state index in [-0.39, 0.29) is 0 Å². The molecule has 4 heteroatoms. The predicted octanol–water partition coefficient (Wildman–Crippen LogP) is 1.07. The fraction of sp³-hybridized carbons (Fsp3) is 0.929. The smallest absolute Gasteiger partial charge is 0.223 e. The van der Waals surface area contributed by atoms with Crippen LogP contribution in [-0.4, -0.2) is 61.0 Å². The molecular weight excluding hydrogens is 226 g/mol. The van der Waals surface area contributed by atoms with Crippen LogP contribution in [0.15, 0.2) is 0 Å². The number of carbonyl (C=O) groups is 1. The molecule has 2 aliphatic rings. The Kier molecular flexibility index (Phi) is 5.45. The highest BCUT2D eigenvalue weighted by molar-refractivity contribution is 5.76. The summed E-state index contributed by atoms with van der Waals surface area (Å²) in [4.78, 5) is 16.6. The second-order valence-electron chi connectivity index (χ2n) is 5.46. The lowest BCUT2D eigenvalue weighted by Gasteiger charge is -2.38. The number of rotatable bonds is 5. The topological polar surface area (TPSA) is 35.6 Å². The molecule has 104 valence electrons. The fourth-order valence-electron chi connectivity index (χ4n) is 3.14. The number of hydrogen-bond donors (Lipinski definition) is 1. The molecule has 0 radical (unpaired) electrons. The molecule has 1 saturated carbocycles. The molecule has 1 saturated heterocycles. The van der Waals surface area contributed by atoms with E-state index in [9.17, 15) is 4.79 Å². The molecule has 0 bridgehead atoms. The van der Waals surface area contributed by atoms with Crippen LogP contribution in [-0.2, 0) is 4.79 Å². The van der Waals surface area contributed by atoms with Gasteiger partial charge < -0.3 is 10.2 Å². The largest absolute Gasteiger partial charge is 0.340 e. The molecule has 0 aromatic rings. The van der Waals surface area contributed by atoms with Gasteiger partial charge in [-0.2, -0.15) is 0 Å². The minimum atomic E-state index is 0.321. The van der Waals surface area contributed by atoms with Crippen LogP contribution in [0, 0.1) is 0 Å². The Balaban J connectivity index is 1.67. The normalized spacial score (nSPS) is 22.6. The van der Waals surface area contributed by atoms with E-state index in [2.05, 4.69) is 17.1 Å². The van der Waals surface area contributed by atoms with Gasteiger partial charge in [0, 0.05) is 45.2 Å². The first-order valence-corrected chi connectivity index (χ1v) is 7.54. The van der Waals surface area contributed by atoms with E-state index in [1.165, 1.54) is 25.7 Å². The SMILES string of the molecule is CCNCCC(=O)N1CCN(C2CCCC2)CC1. The molecule has 1 amide bonds. The van der Waals surface area contributed by atoms with Crippen LogP contribution >= 0.6 is 0 Å². The van der Waals surface area contributed by atoms with Gasteiger partial charge in [-0.15, -0.1) is 0 Å². The standard InChI is InChI=1S/C14H27N3O/c1-2-15-8-7-14(18)17-11-9-16(10-12-17)13-5-3-4-6-13/h13,15H,2-12H2,1H3. The van der Waals surface area contributed by atoms with Crippen molar-refractivity contribution in [1.82, 2.24) is 15.1 Å². The van der Waals surface area contributed by atoms with Crippen LogP contribution in [0.3, 0.4) is 0 Å². The third kappa shape index (κ3) is 3.69. The minimum absolute atomic E-state index is 0.321. The van der Waals surface area contributed by atoms with Crippen LogP contribution in [0.1, 0.15) is 39.0 Å². The predicted molar refractivity (Wildman–Crippen MR) is 73.6 cm³/mol. The molecule has 0 unspecified atom stereocenters. The Morgan fingerprint density at radius 1 is 1.17 bits per heavy atom. The molecule has 4 nitrogen and oxygen atoms in total. The lowest BCUT2D eigenvalue weighted by atomic mass is 10.1. The van der Waals surface area contributed by atoms with Crippen LogP contribution < -0.4 is 5.32 Å². The molecule has 1 aliphatic carbocycles. The summed E-state index contributed by atoms with van der Waals surface area (Å²) >= 11 is 0. The average Bonchev–Trinajstić information content (AvgIpc) is 2.93. The highest BCUT2D eigenvalue weighted by Gasteiger charge is 2.27. The van der Waals surface area contributed by atoms with Crippen molar-refractivity contribution in [3.8, 4) is 0 Å². The number of carbonyl (C=O) groups excluding carboxylic acids is 1. The van der Waals surface area contributed by atoms with Gasteiger partial charge in [0.15, 0.2) is 0 Å². The van der Waals surface area contributed by atoms with Gasteiger partial charge in [-0.05, 0) is 19.4 Å². The summed E-state index contributed by atoms with van der Waals surface area (Å²) in [6.45, 7) is 7.86. The fourth-order valence-corrected chi connectivity index (χ4v) is 3.14. The zero-order valence-electron chi connectivity index (χ0n) is 11.7. The number of nitrogens with one attached hydrogen (secondary N) is 1. The maximum Gasteiger partial charge on any atom is 0.223 e. The van der Waals surface area contributed by atoms with E-state index in [1.807, 2.05) is 4.90 Å². The molecule has 0 aromatic carbocycles. The van der Waals surface area contributed by atoms with Crippen molar-refractivity contribution in [3.05, 3.63) is 0 Å². The molecule has 2 fully saturated rings. The summed E-state index contributed by atoms with van der Waals surface area (Å²) in [7, 11) is 0. The highest BCUT2D eigenvalue weighted by Crippen LogP contribution is 2.24. The summed E-state index contributed by atoms with van der Waals surface area (Å²) in [5.74, 6) is 0.321. The second-order valence-corrected chi connectivity index (χ2v) is 5.46. The molecular formula is C14H27N3O. The maximum atomic E-state index is 12.0. The summed E-state index contributed by atoms with van der Waals surface area (Å²) < 4.78 is 0. The Hall–Kier alpha value is -0.610. The van der Waals surface area contributed by atoms with Crippen LogP contribution in [0.4, 0.5) is 0 Å². The molecule has 1 aliphatic heterocycles. The first-order valence-electron chi connectivity index (χ1n) is 7.54. The van der Waals surface area contributed by atoms with E-state index < -0.39 is 0 Å². The molecule has 0 aromatic heterocycles. The van der Waals surface area contributed by atoms with Gasteiger partial charge in [0.05, 0.1) is 0 Å². The third-order valence-electron chi connectivity index (χ3n) is 4.27. The molecule has 2 rings (SSSR count). The summed E-state index contributed by atoms with van der Waals surface area (Å²) in [5.41, 5.74) is 0.